The monoisotopic (exact) mass is 396 g/mol. The normalized spacial score (nSPS) is 10.3. The molecule has 8 heteroatoms. The van der Waals surface area contributed by atoms with Crippen molar-refractivity contribution in [1.29, 1.82) is 0 Å². The van der Waals surface area contributed by atoms with Gasteiger partial charge < -0.3 is 9.47 Å². The van der Waals surface area contributed by atoms with Gasteiger partial charge >= 0.3 is 0 Å². The minimum absolute atomic E-state index is 0.157. The van der Waals surface area contributed by atoms with Crippen LogP contribution in [0.4, 0.5) is 0 Å². The van der Waals surface area contributed by atoms with Crippen molar-refractivity contribution in [3.05, 3.63) is 71.9 Å². The number of hydrazone groups is 1. The molecular weight excluding hydrogens is 372 g/mol. The number of hydrogen-bond donors (Lipinski definition) is 3. The van der Waals surface area contributed by atoms with Crippen molar-refractivity contribution in [3.8, 4) is 11.5 Å². The lowest BCUT2D eigenvalue weighted by molar-refractivity contribution is -0.124. The number of allylic oxidation sites excluding steroid dienone is 1. The van der Waals surface area contributed by atoms with Gasteiger partial charge in [-0.2, -0.15) is 5.10 Å². The van der Waals surface area contributed by atoms with E-state index in [2.05, 4.69) is 28.0 Å². The number of amides is 2. The van der Waals surface area contributed by atoms with Crippen LogP contribution >= 0.6 is 0 Å². The molecule has 2 aromatic rings. The van der Waals surface area contributed by atoms with Crippen molar-refractivity contribution in [1.82, 2.24) is 16.3 Å². The molecular formula is C21H24N4O4. The molecule has 2 aromatic carbocycles. The largest absolute Gasteiger partial charge is 0.483 e. The van der Waals surface area contributed by atoms with E-state index in [9.17, 15) is 9.59 Å². The molecule has 0 aliphatic heterocycles. The Morgan fingerprint density at radius 3 is 1.97 bits per heavy atom. The Kier molecular flexibility index (Phi) is 8.25. The summed E-state index contributed by atoms with van der Waals surface area (Å²) in [6.07, 6.45) is 1.26. The van der Waals surface area contributed by atoms with E-state index in [-0.39, 0.29) is 18.9 Å². The maximum absolute atomic E-state index is 11.8. The lowest BCUT2D eigenvalue weighted by Gasteiger charge is -2.10. The van der Waals surface area contributed by atoms with Gasteiger partial charge in [0, 0.05) is 0 Å². The predicted molar refractivity (Wildman–Crippen MR) is 110 cm³/mol. The number of rotatable bonds is 10. The molecule has 8 nitrogen and oxygen atoms in total. The average molecular weight is 396 g/mol. The number of nitrogens with zero attached hydrogens (tertiary/aromatic N) is 1. The minimum Gasteiger partial charge on any atom is -0.483 e. The van der Waals surface area contributed by atoms with Gasteiger partial charge in [-0.1, -0.05) is 43.0 Å². The van der Waals surface area contributed by atoms with Gasteiger partial charge in [0.15, 0.2) is 13.2 Å². The van der Waals surface area contributed by atoms with Crippen LogP contribution in [-0.4, -0.2) is 31.2 Å². The van der Waals surface area contributed by atoms with Crippen molar-refractivity contribution < 1.29 is 19.1 Å². The number of nitrogens with one attached hydrogen (secondary N) is 3. The van der Waals surface area contributed by atoms with Crippen LogP contribution in [0.15, 0.2) is 65.9 Å². The van der Waals surface area contributed by atoms with Crippen LogP contribution in [0.2, 0.25) is 0 Å². The van der Waals surface area contributed by atoms with E-state index in [1.165, 1.54) is 6.21 Å². The second-order valence-electron chi connectivity index (χ2n) is 6.10. The third kappa shape index (κ3) is 7.76. The van der Waals surface area contributed by atoms with Crippen LogP contribution in [-0.2, 0) is 9.59 Å². The molecule has 2 rings (SSSR count). The first-order valence-corrected chi connectivity index (χ1v) is 8.88. The molecule has 0 aliphatic carbocycles. The molecule has 0 saturated heterocycles. The van der Waals surface area contributed by atoms with Gasteiger partial charge in [-0.25, -0.2) is 5.43 Å². The lowest BCUT2D eigenvalue weighted by Crippen LogP contribution is -2.40. The van der Waals surface area contributed by atoms with E-state index in [1.54, 1.807) is 12.1 Å². The SMILES string of the molecule is C=C(/C=N\NC(=O)COc1ccccc1C)NNC(=O)COc1ccccc1C. The van der Waals surface area contributed by atoms with E-state index in [0.29, 0.717) is 11.5 Å². The van der Waals surface area contributed by atoms with Crippen LogP contribution in [0.25, 0.3) is 0 Å². The second kappa shape index (κ2) is 11.1. The predicted octanol–water partition coefficient (Wildman–Crippen LogP) is 2.00. The molecule has 0 atom stereocenters. The highest BCUT2D eigenvalue weighted by atomic mass is 16.5. The molecule has 0 aliphatic rings. The van der Waals surface area contributed by atoms with Gasteiger partial charge in [0.05, 0.1) is 11.9 Å². The summed E-state index contributed by atoms with van der Waals surface area (Å²) in [5, 5.41) is 3.74. The Hall–Kier alpha value is -3.81. The summed E-state index contributed by atoms with van der Waals surface area (Å²) in [4.78, 5) is 23.5. The molecule has 0 saturated carbocycles. The topological polar surface area (TPSA) is 101 Å². The van der Waals surface area contributed by atoms with Gasteiger partial charge in [0.25, 0.3) is 11.8 Å². The first-order valence-electron chi connectivity index (χ1n) is 8.88. The summed E-state index contributed by atoms with van der Waals surface area (Å²) in [7, 11) is 0. The van der Waals surface area contributed by atoms with E-state index in [4.69, 9.17) is 9.47 Å². The van der Waals surface area contributed by atoms with Crippen molar-refractivity contribution in [2.45, 2.75) is 13.8 Å². The van der Waals surface area contributed by atoms with Gasteiger partial charge in [0.1, 0.15) is 11.5 Å². The number of hydrazine groups is 1. The number of carbonyl (C=O) groups is 2. The molecule has 0 heterocycles. The van der Waals surface area contributed by atoms with Gasteiger partial charge in [0.2, 0.25) is 0 Å². The summed E-state index contributed by atoms with van der Waals surface area (Å²) in [5.41, 5.74) is 9.44. The zero-order chi connectivity index (χ0) is 21.1. The highest BCUT2D eigenvalue weighted by molar-refractivity contribution is 5.82. The number of carbonyl (C=O) groups excluding carboxylic acids is 2. The van der Waals surface area contributed by atoms with Crippen molar-refractivity contribution in [2.75, 3.05) is 13.2 Å². The summed E-state index contributed by atoms with van der Waals surface area (Å²) >= 11 is 0. The summed E-state index contributed by atoms with van der Waals surface area (Å²) in [6, 6.07) is 14.8. The zero-order valence-electron chi connectivity index (χ0n) is 16.4. The molecule has 0 radical (unpaired) electrons. The van der Waals surface area contributed by atoms with Crippen LogP contribution in [0, 0.1) is 13.8 Å². The van der Waals surface area contributed by atoms with E-state index in [1.807, 2.05) is 50.2 Å². The summed E-state index contributed by atoms with van der Waals surface area (Å²) in [5.74, 6) is 0.457. The van der Waals surface area contributed by atoms with Gasteiger partial charge in [-0.15, -0.1) is 0 Å². The molecule has 0 bridgehead atoms. The number of para-hydroxylation sites is 2. The fraction of sp³-hybridized carbons (Fsp3) is 0.190. The minimum atomic E-state index is -0.423. The van der Waals surface area contributed by atoms with Crippen LogP contribution in [0.1, 0.15) is 11.1 Å². The average Bonchev–Trinajstić information content (AvgIpc) is 2.71. The molecule has 152 valence electrons. The lowest BCUT2D eigenvalue weighted by atomic mass is 10.2. The number of hydrogen-bond acceptors (Lipinski definition) is 6. The van der Waals surface area contributed by atoms with Crippen molar-refractivity contribution in [3.63, 3.8) is 0 Å². The highest BCUT2D eigenvalue weighted by Crippen LogP contribution is 2.16. The molecule has 3 N–H and O–H groups in total. The Labute approximate surface area is 169 Å². The first-order chi connectivity index (χ1) is 14.0. The van der Waals surface area contributed by atoms with Gasteiger partial charge in [-0.05, 0) is 37.1 Å². The molecule has 0 fully saturated rings. The van der Waals surface area contributed by atoms with Crippen molar-refractivity contribution in [2.24, 2.45) is 5.10 Å². The van der Waals surface area contributed by atoms with Crippen LogP contribution in [0.5, 0.6) is 11.5 Å². The zero-order valence-corrected chi connectivity index (χ0v) is 16.4. The maximum atomic E-state index is 11.8. The highest BCUT2D eigenvalue weighted by Gasteiger charge is 2.05. The first kappa shape index (κ1) is 21.5. The number of ether oxygens (including phenoxy) is 2. The Morgan fingerprint density at radius 1 is 0.897 bits per heavy atom. The Morgan fingerprint density at radius 2 is 1.41 bits per heavy atom. The fourth-order valence-corrected chi connectivity index (χ4v) is 2.16. The molecule has 0 unspecified atom stereocenters. The van der Waals surface area contributed by atoms with E-state index < -0.39 is 11.8 Å². The summed E-state index contributed by atoms with van der Waals surface area (Å²) in [6.45, 7) is 7.12. The molecule has 0 aromatic heterocycles. The van der Waals surface area contributed by atoms with Crippen molar-refractivity contribution >= 4 is 18.0 Å². The second-order valence-corrected chi connectivity index (χ2v) is 6.10. The summed E-state index contributed by atoms with van der Waals surface area (Å²) < 4.78 is 10.8. The number of benzene rings is 2. The quantitative estimate of drug-likeness (QED) is 0.421. The molecule has 29 heavy (non-hydrogen) atoms. The van der Waals surface area contributed by atoms with E-state index in [0.717, 1.165) is 11.1 Å². The molecule has 0 spiro atoms. The van der Waals surface area contributed by atoms with Gasteiger partial charge in [-0.3, -0.25) is 20.4 Å². The molecule has 2 amide bonds. The Balaban J connectivity index is 1.63. The van der Waals surface area contributed by atoms with Crippen LogP contribution in [0.3, 0.4) is 0 Å². The van der Waals surface area contributed by atoms with E-state index >= 15 is 0 Å². The number of aryl methyl sites for hydroxylation is 2. The third-order valence-corrected chi connectivity index (χ3v) is 3.68. The fourth-order valence-electron chi connectivity index (χ4n) is 2.16. The Bertz CT molecular complexity index is 896. The van der Waals surface area contributed by atoms with Crippen LogP contribution < -0.4 is 25.8 Å². The standard InChI is InChI=1S/C21H24N4O4/c1-15-8-4-6-10-18(15)28-13-20(26)24-22-12-17(3)23-25-21(27)14-29-19-11-7-5-9-16(19)2/h4-12,23H,3,13-14H2,1-2H3,(H,24,26)(H,25,27)/b22-12-. The smallest absolute Gasteiger partial charge is 0.277 e. The maximum Gasteiger partial charge on any atom is 0.277 e. The third-order valence-electron chi connectivity index (χ3n) is 3.68.